The molecule has 120 valence electrons. The molecule has 2 rings (SSSR count). The molecule has 22 heavy (non-hydrogen) atoms. The smallest absolute Gasteiger partial charge is 0.330 e. The summed E-state index contributed by atoms with van der Waals surface area (Å²) in [6, 6.07) is 0. The molecule has 4 atom stereocenters. The van der Waals surface area contributed by atoms with E-state index in [1.165, 1.54) is 0 Å². The summed E-state index contributed by atoms with van der Waals surface area (Å²) in [6.07, 6.45) is -2.15. The molecule has 2 heterocycles. The van der Waals surface area contributed by atoms with Crippen LogP contribution < -0.4 is 17.0 Å². The number of nitrogens with two attached hydrogens (primary N) is 1. The lowest BCUT2D eigenvalue weighted by atomic mass is 10.1. The number of nitrogens with one attached hydrogen (secondary N) is 1. The second-order valence-corrected chi connectivity index (χ2v) is 4.72. The van der Waals surface area contributed by atoms with Gasteiger partial charge >= 0.3 is 5.69 Å². The number of rotatable bonds is 4. The highest BCUT2D eigenvalue weighted by molar-refractivity contribution is 5.90. The van der Waals surface area contributed by atoms with Gasteiger partial charge in [0.05, 0.1) is 12.2 Å². The van der Waals surface area contributed by atoms with Crippen LogP contribution in [-0.4, -0.2) is 55.7 Å². The SMILES string of the molecule is NC(=O)/C=C/c1cn([C@@H]2O[C@H](CO)C(O)[C@@H]2O)c(=O)[nH]c1=O. The van der Waals surface area contributed by atoms with Gasteiger partial charge in [0, 0.05) is 12.3 Å². The van der Waals surface area contributed by atoms with Crippen molar-refractivity contribution in [2.75, 3.05) is 6.61 Å². The van der Waals surface area contributed by atoms with Crippen LogP contribution in [0.1, 0.15) is 11.8 Å². The molecule has 1 unspecified atom stereocenters. The van der Waals surface area contributed by atoms with Crippen molar-refractivity contribution >= 4 is 12.0 Å². The number of carbonyl (C=O) groups excluding carboxylic acids is 1. The van der Waals surface area contributed by atoms with Gasteiger partial charge in [-0.2, -0.15) is 0 Å². The Morgan fingerprint density at radius 3 is 2.64 bits per heavy atom. The zero-order chi connectivity index (χ0) is 16.4. The third kappa shape index (κ3) is 2.99. The van der Waals surface area contributed by atoms with E-state index in [-0.39, 0.29) is 5.56 Å². The minimum Gasteiger partial charge on any atom is -0.394 e. The van der Waals surface area contributed by atoms with E-state index in [2.05, 4.69) is 0 Å². The Bertz CT molecular complexity index is 707. The van der Waals surface area contributed by atoms with Crippen LogP contribution >= 0.6 is 0 Å². The van der Waals surface area contributed by atoms with Crippen LogP contribution in [0.3, 0.4) is 0 Å². The number of hydrogen-bond donors (Lipinski definition) is 5. The Hall–Kier alpha value is -2.27. The number of H-pyrrole nitrogens is 1. The summed E-state index contributed by atoms with van der Waals surface area (Å²) in [5, 5.41) is 28.6. The van der Waals surface area contributed by atoms with Crippen LogP contribution in [0.15, 0.2) is 21.9 Å². The zero-order valence-electron chi connectivity index (χ0n) is 11.2. The molecule has 0 aromatic carbocycles. The van der Waals surface area contributed by atoms with Crippen LogP contribution in [0, 0.1) is 0 Å². The Kier molecular flexibility index (Phi) is 4.56. The van der Waals surface area contributed by atoms with E-state index in [1.807, 2.05) is 4.98 Å². The maximum absolute atomic E-state index is 11.8. The number of amides is 1. The fourth-order valence-electron chi connectivity index (χ4n) is 2.09. The first kappa shape index (κ1) is 16.1. The molecule has 1 saturated heterocycles. The molecule has 1 aromatic heterocycles. The first-order chi connectivity index (χ1) is 10.3. The Labute approximate surface area is 123 Å². The van der Waals surface area contributed by atoms with Gasteiger partial charge in [-0.15, -0.1) is 0 Å². The molecule has 1 aromatic rings. The van der Waals surface area contributed by atoms with E-state index in [1.54, 1.807) is 0 Å². The van der Waals surface area contributed by atoms with Crippen molar-refractivity contribution in [3.8, 4) is 0 Å². The van der Waals surface area contributed by atoms with Gasteiger partial charge in [-0.05, 0) is 6.08 Å². The van der Waals surface area contributed by atoms with Crippen molar-refractivity contribution in [3.63, 3.8) is 0 Å². The highest BCUT2D eigenvalue weighted by Crippen LogP contribution is 2.27. The number of aliphatic hydroxyl groups excluding tert-OH is 3. The molecule has 10 heteroatoms. The zero-order valence-corrected chi connectivity index (χ0v) is 11.2. The van der Waals surface area contributed by atoms with Crippen molar-refractivity contribution < 1.29 is 24.9 Å². The molecule has 0 bridgehead atoms. The van der Waals surface area contributed by atoms with Crippen molar-refractivity contribution in [3.05, 3.63) is 38.7 Å². The van der Waals surface area contributed by atoms with Gasteiger partial charge in [-0.25, -0.2) is 4.79 Å². The molecule has 6 N–H and O–H groups in total. The van der Waals surface area contributed by atoms with Crippen LogP contribution in [-0.2, 0) is 9.53 Å². The molecular formula is C12H15N3O7. The van der Waals surface area contributed by atoms with E-state index >= 15 is 0 Å². The van der Waals surface area contributed by atoms with E-state index in [9.17, 15) is 24.6 Å². The minimum atomic E-state index is -1.48. The van der Waals surface area contributed by atoms with Crippen molar-refractivity contribution in [1.29, 1.82) is 0 Å². The molecule has 1 aliphatic rings. The third-order valence-corrected chi connectivity index (χ3v) is 3.21. The summed E-state index contributed by atoms with van der Waals surface area (Å²) < 4.78 is 6.05. The maximum Gasteiger partial charge on any atom is 0.330 e. The number of aliphatic hydroxyl groups is 3. The Morgan fingerprint density at radius 2 is 2.09 bits per heavy atom. The molecule has 1 fully saturated rings. The lowest BCUT2D eigenvalue weighted by Gasteiger charge is -2.17. The summed E-state index contributed by atoms with van der Waals surface area (Å²) in [6.45, 7) is -0.554. The third-order valence-electron chi connectivity index (χ3n) is 3.21. The van der Waals surface area contributed by atoms with Crippen molar-refractivity contribution in [1.82, 2.24) is 9.55 Å². The molecule has 0 radical (unpaired) electrons. The van der Waals surface area contributed by atoms with Gasteiger partial charge in [0.2, 0.25) is 5.91 Å². The first-order valence-corrected chi connectivity index (χ1v) is 6.30. The van der Waals surface area contributed by atoms with E-state index < -0.39 is 48.3 Å². The fraction of sp³-hybridized carbons (Fsp3) is 0.417. The van der Waals surface area contributed by atoms with Gasteiger partial charge in [0.25, 0.3) is 5.56 Å². The quantitative estimate of drug-likeness (QED) is 0.362. The summed E-state index contributed by atoms with van der Waals surface area (Å²) >= 11 is 0. The lowest BCUT2D eigenvalue weighted by Crippen LogP contribution is -2.38. The normalized spacial score (nSPS) is 28.3. The van der Waals surface area contributed by atoms with E-state index in [4.69, 9.17) is 15.6 Å². The molecule has 1 aliphatic heterocycles. The summed E-state index contributed by atoms with van der Waals surface area (Å²) in [7, 11) is 0. The second kappa shape index (κ2) is 6.23. The van der Waals surface area contributed by atoms with Crippen molar-refractivity contribution in [2.45, 2.75) is 24.5 Å². The number of nitrogens with zero attached hydrogens (tertiary/aromatic N) is 1. The number of aromatic amines is 1. The lowest BCUT2D eigenvalue weighted by molar-refractivity contribution is -0.113. The van der Waals surface area contributed by atoms with Gasteiger partial charge < -0.3 is 25.8 Å². The highest BCUT2D eigenvalue weighted by Gasteiger charge is 2.43. The predicted octanol–water partition coefficient (Wildman–Crippen LogP) is -3.35. The Balaban J connectivity index is 2.44. The number of primary amides is 1. The van der Waals surface area contributed by atoms with Gasteiger partial charge in [-0.1, -0.05) is 0 Å². The minimum absolute atomic E-state index is 0.0730. The van der Waals surface area contributed by atoms with Crippen LogP contribution in [0.25, 0.3) is 6.08 Å². The molecule has 0 spiro atoms. The number of ether oxygens (including phenoxy) is 1. The standard InChI is InChI=1S/C12H15N3O7/c13-7(17)2-1-5-3-15(12(21)14-10(5)20)11-9(19)8(18)6(4-16)22-11/h1-3,6,8-9,11,16,18-19H,4H2,(H2,13,17)(H,14,20,21)/b2-1+/t6-,8?,9+,11-/m1/s1. The topological polar surface area (TPSA) is 168 Å². The van der Waals surface area contributed by atoms with Gasteiger partial charge in [0.15, 0.2) is 6.23 Å². The van der Waals surface area contributed by atoms with E-state index in [0.717, 1.165) is 22.9 Å². The van der Waals surface area contributed by atoms with Gasteiger partial charge in [0.1, 0.15) is 18.3 Å². The molecule has 0 aliphatic carbocycles. The predicted molar refractivity (Wildman–Crippen MR) is 72.6 cm³/mol. The summed E-state index contributed by atoms with van der Waals surface area (Å²) in [5.74, 6) is -0.787. The van der Waals surface area contributed by atoms with Crippen LogP contribution in [0.4, 0.5) is 0 Å². The Morgan fingerprint density at radius 1 is 1.41 bits per heavy atom. The van der Waals surface area contributed by atoms with Crippen LogP contribution in [0.5, 0.6) is 0 Å². The summed E-state index contributed by atoms with van der Waals surface area (Å²) in [4.78, 5) is 36.1. The molecule has 1 amide bonds. The molecule has 10 nitrogen and oxygen atoms in total. The monoisotopic (exact) mass is 313 g/mol. The average Bonchev–Trinajstić information content (AvgIpc) is 2.74. The largest absolute Gasteiger partial charge is 0.394 e. The van der Waals surface area contributed by atoms with Crippen molar-refractivity contribution in [2.24, 2.45) is 5.73 Å². The number of hydrogen-bond acceptors (Lipinski definition) is 7. The van der Waals surface area contributed by atoms with Gasteiger partial charge in [-0.3, -0.25) is 19.1 Å². The first-order valence-electron chi connectivity index (χ1n) is 6.30. The average molecular weight is 313 g/mol. The molecular weight excluding hydrogens is 298 g/mol. The number of aromatic nitrogens is 2. The number of carbonyl (C=O) groups is 1. The van der Waals surface area contributed by atoms with E-state index in [0.29, 0.717) is 0 Å². The second-order valence-electron chi connectivity index (χ2n) is 4.72. The highest BCUT2D eigenvalue weighted by atomic mass is 16.6. The summed E-state index contributed by atoms with van der Waals surface area (Å²) in [5.41, 5.74) is 3.21. The molecule has 0 saturated carbocycles. The fourth-order valence-corrected chi connectivity index (χ4v) is 2.09. The van der Waals surface area contributed by atoms with Crippen LogP contribution in [0.2, 0.25) is 0 Å². The maximum atomic E-state index is 11.8.